The number of hydrogen-bond acceptors (Lipinski definition) is 3. The number of carbonyl (C=O) groups is 1. The fraction of sp³-hybridized carbons (Fsp3) is 0.238. The van der Waals surface area contributed by atoms with Crippen molar-refractivity contribution in [3.05, 3.63) is 77.5 Å². The number of carbonyl (C=O) groups excluding carboxylic acids is 1. The zero-order valence-electron chi connectivity index (χ0n) is 14.7. The normalized spacial score (nSPS) is 16.0. The minimum Gasteiger partial charge on any atom is -0.496 e. The number of ether oxygens (including phenoxy) is 1. The van der Waals surface area contributed by atoms with E-state index in [2.05, 4.69) is 22.5 Å². The fourth-order valence-corrected chi connectivity index (χ4v) is 3.55. The van der Waals surface area contributed by atoms with Gasteiger partial charge in [-0.15, -0.1) is 0 Å². The predicted molar refractivity (Wildman–Crippen MR) is 100 cm³/mol. The number of rotatable bonds is 5. The smallest absolute Gasteiger partial charge is 0.226 e. The molecular formula is C21H21N3O2. The molecule has 0 saturated heterocycles. The molecule has 0 bridgehead atoms. The molecule has 1 aliphatic rings. The maximum Gasteiger partial charge on any atom is 0.226 e. The van der Waals surface area contributed by atoms with Gasteiger partial charge in [0.2, 0.25) is 5.91 Å². The van der Waals surface area contributed by atoms with E-state index in [1.807, 2.05) is 53.3 Å². The SMILES string of the molecule is COc1ccccc1Cn1ncc2c1NC(=O)CC2Cc1ccccc1. The average molecular weight is 347 g/mol. The van der Waals surface area contributed by atoms with E-state index in [9.17, 15) is 4.79 Å². The molecule has 2 heterocycles. The largest absolute Gasteiger partial charge is 0.496 e. The Morgan fingerprint density at radius 1 is 1.15 bits per heavy atom. The van der Waals surface area contributed by atoms with Gasteiger partial charge in [-0.25, -0.2) is 4.68 Å². The fourth-order valence-electron chi connectivity index (χ4n) is 3.55. The van der Waals surface area contributed by atoms with Gasteiger partial charge in [0.15, 0.2) is 0 Å². The second kappa shape index (κ2) is 7.04. The van der Waals surface area contributed by atoms with Crippen molar-refractivity contribution >= 4 is 11.7 Å². The lowest BCUT2D eigenvalue weighted by atomic mass is 9.88. The van der Waals surface area contributed by atoms with Gasteiger partial charge in [0.05, 0.1) is 19.9 Å². The molecule has 1 atom stereocenters. The van der Waals surface area contributed by atoms with Crippen LogP contribution in [0.15, 0.2) is 60.8 Å². The van der Waals surface area contributed by atoms with Crippen molar-refractivity contribution in [1.29, 1.82) is 0 Å². The Morgan fingerprint density at radius 2 is 1.92 bits per heavy atom. The maximum atomic E-state index is 12.3. The van der Waals surface area contributed by atoms with Crippen LogP contribution in [-0.4, -0.2) is 22.8 Å². The molecule has 26 heavy (non-hydrogen) atoms. The molecule has 1 amide bonds. The van der Waals surface area contributed by atoms with Crippen molar-refractivity contribution in [2.24, 2.45) is 0 Å². The van der Waals surface area contributed by atoms with E-state index in [1.165, 1.54) is 5.56 Å². The first kappa shape index (κ1) is 16.4. The molecule has 3 aromatic rings. The number of aromatic nitrogens is 2. The van der Waals surface area contributed by atoms with E-state index in [0.29, 0.717) is 13.0 Å². The summed E-state index contributed by atoms with van der Waals surface area (Å²) in [6, 6.07) is 18.1. The van der Waals surface area contributed by atoms with Crippen LogP contribution >= 0.6 is 0 Å². The first-order chi connectivity index (χ1) is 12.7. The third-order valence-electron chi connectivity index (χ3n) is 4.83. The topological polar surface area (TPSA) is 56.1 Å². The van der Waals surface area contributed by atoms with Crippen LogP contribution in [0.1, 0.15) is 29.0 Å². The molecule has 132 valence electrons. The molecular weight excluding hydrogens is 326 g/mol. The molecule has 1 aliphatic heterocycles. The van der Waals surface area contributed by atoms with Gasteiger partial charge in [-0.2, -0.15) is 5.10 Å². The van der Waals surface area contributed by atoms with Crippen LogP contribution in [-0.2, 0) is 17.8 Å². The van der Waals surface area contributed by atoms with Crippen molar-refractivity contribution in [2.45, 2.75) is 25.3 Å². The van der Waals surface area contributed by atoms with Crippen molar-refractivity contribution in [1.82, 2.24) is 9.78 Å². The predicted octanol–water partition coefficient (Wildman–Crippen LogP) is 3.61. The summed E-state index contributed by atoms with van der Waals surface area (Å²) in [7, 11) is 1.66. The molecule has 1 unspecified atom stereocenters. The number of methoxy groups -OCH3 is 1. The molecule has 1 aromatic heterocycles. The Labute approximate surface area is 152 Å². The highest BCUT2D eigenvalue weighted by Gasteiger charge is 2.29. The zero-order valence-corrected chi connectivity index (χ0v) is 14.7. The van der Waals surface area contributed by atoms with E-state index >= 15 is 0 Å². The molecule has 0 fully saturated rings. The van der Waals surface area contributed by atoms with Crippen LogP contribution in [0.4, 0.5) is 5.82 Å². The molecule has 0 saturated carbocycles. The molecule has 5 heteroatoms. The van der Waals surface area contributed by atoms with Crippen LogP contribution in [0.25, 0.3) is 0 Å². The van der Waals surface area contributed by atoms with Crippen LogP contribution < -0.4 is 10.1 Å². The Bertz CT molecular complexity index is 918. The molecule has 4 rings (SSSR count). The van der Waals surface area contributed by atoms with Gasteiger partial charge < -0.3 is 10.1 Å². The van der Waals surface area contributed by atoms with Gasteiger partial charge in [0, 0.05) is 23.5 Å². The van der Waals surface area contributed by atoms with Crippen molar-refractivity contribution in [3.63, 3.8) is 0 Å². The van der Waals surface area contributed by atoms with E-state index in [-0.39, 0.29) is 11.8 Å². The summed E-state index contributed by atoms with van der Waals surface area (Å²) >= 11 is 0. The lowest BCUT2D eigenvalue weighted by molar-refractivity contribution is -0.116. The summed E-state index contributed by atoms with van der Waals surface area (Å²) in [4.78, 5) is 12.3. The summed E-state index contributed by atoms with van der Waals surface area (Å²) in [6.45, 7) is 0.553. The van der Waals surface area contributed by atoms with E-state index in [1.54, 1.807) is 7.11 Å². The third kappa shape index (κ3) is 3.20. The number of hydrogen-bond donors (Lipinski definition) is 1. The van der Waals surface area contributed by atoms with Gasteiger partial charge in [0.1, 0.15) is 11.6 Å². The third-order valence-corrected chi connectivity index (χ3v) is 4.83. The van der Waals surface area contributed by atoms with Crippen molar-refractivity contribution < 1.29 is 9.53 Å². The lowest BCUT2D eigenvalue weighted by Gasteiger charge is -2.23. The standard InChI is InChI=1S/C21H21N3O2/c1-26-19-10-6-5-9-16(19)14-24-21-18(13-22-24)17(12-20(25)23-21)11-15-7-3-2-4-8-15/h2-10,13,17H,11-12,14H2,1H3,(H,23,25). The quantitative estimate of drug-likeness (QED) is 0.767. The Balaban J connectivity index is 1.63. The van der Waals surface area contributed by atoms with E-state index in [4.69, 9.17) is 4.74 Å². The summed E-state index contributed by atoms with van der Waals surface area (Å²) in [6.07, 6.45) is 3.21. The van der Waals surface area contributed by atoms with Gasteiger partial charge in [-0.05, 0) is 18.1 Å². The van der Waals surface area contributed by atoms with Crippen molar-refractivity contribution in [2.75, 3.05) is 12.4 Å². The molecule has 5 nitrogen and oxygen atoms in total. The van der Waals surface area contributed by atoms with E-state index < -0.39 is 0 Å². The summed E-state index contributed by atoms with van der Waals surface area (Å²) in [5.41, 5.74) is 3.36. The monoisotopic (exact) mass is 347 g/mol. The minimum absolute atomic E-state index is 0.0419. The number of benzene rings is 2. The number of fused-ring (bicyclic) bond motifs is 1. The number of para-hydroxylation sites is 1. The van der Waals surface area contributed by atoms with Crippen LogP contribution in [0.3, 0.4) is 0 Å². The summed E-state index contributed by atoms with van der Waals surface area (Å²) in [5, 5.41) is 7.54. The van der Waals surface area contributed by atoms with E-state index in [0.717, 1.165) is 29.1 Å². The van der Waals surface area contributed by atoms with Gasteiger partial charge in [-0.3, -0.25) is 4.79 Å². The van der Waals surface area contributed by atoms with Gasteiger partial charge in [0.25, 0.3) is 0 Å². The maximum absolute atomic E-state index is 12.3. The zero-order chi connectivity index (χ0) is 17.9. The molecule has 0 spiro atoms. The first-order valence-corrected chi connectivity index (χ1v) is 8.76. The van der Waals surface area contributed by atoms with Crippen LogP contribution in [0.2, 0.25) is 0 Å². The highest BCUT2D eigenvalue weighted by molar-refractivity contribution is 5.93. The molecule has 0 radical (unpaired) electrons. The van der Waals surface area contributed by atoms with Crippen LogP contribution in [0, 0.1) is 0 Å². The average Bonchev–Trinajstić information content (AvgIpc) is 3.06. The molecule has 1 N–H and O–H groups in total. The second-order valence-electron chi connectivity index (χ2n) is 6.56. The number of anilines is 1. The second-order valence-corrected chi connectivity index (χ2v) is 6.56. The minimum atomic E-state index is 0.0419. The molecule has 0 aliphatic carbocycles. The first-order valence-electron chi connectivity index (χ1n) is 8.76. The summed E-state index contributed by atoms with van der Waals surface area (Å²) < 4.78 is 7.28. The van der Waals surface area contributed by atoms with Crippen molar-refractivity contribution in [3.8, 4) is 5.75 Å². The Hall–Kier alpha value is -3.08. The Kier molecular flexibility index (Phi) is 4.44. The molecule has 2 aromatic carbocycles. The van der Waals surface area contributed by atoms with Gasteiger partial charge >= 0.3 is 0 Å². The Morgan fingerprint density at radius 3 is 2.73 bits per heavy atom. The van der Waals surface area contributed by atoms with Gasteiger partial charge in [-0.1, -0.05) is 48.5 Å². The van der Waals surface area contributed by atoms with Crippen LogP contribution in [0.5, 0.6) is 5.75 Å². The number of nitrogens with one attached hydrogen (secondary N) is 1. The summed E-state index contributed by atoms with van der Waals surface area (Å²) in [5.74, 6) is 1.81. The number of amides is 1. The lowest BCUT2D eigenvalue weighted by Crippen LogP contribution is -2.25. The highest BCUT2D eigenvalue weighted by Crippen LogP contribution is 2.35. The number of nitrogens with zero attached hydrogens (tertiary/aromatic N) is 2. The highest BCUT2D eigenvalue weighted by atomic mass is 16.5.